The second-order valence-corrected chi connectivity index (χ2v) is 5.01. The van der Waals surface area contributed by atoms with Gasteiger partial charge in [-0.2, -0.15) is 0 Å². The molecule has 1 heterocycles. The lowest BCUT2D eigenvalue weighted by Gasteiger charge is -2.32. The van der Waals surface area contributed by atoms with E-state index < -0.39 is 0 Å². The van der Waals surface area contributed by atoms with Gasteiger partial charge in [0.15, 0.2) is 0 Å². The highest BCUT2D eigenvalue weighted by molar-refractivity contribution is 4.78. The van der Waals surface area contributed by atoms with Crippen LogP contribution in [0.3, 0.4) is 0 Å². The van der Waals surface area contributed by atoms with Crippen LogP contribution >= 0.6 is 0 Å². The minimum absolute atomic E-state index is 0.390. The van der Waals surface area contributed by atoms with E-state index in [1.165, 1.54) is 6.42 Å². The molecule has 1 aliphatic rings. The Kier molecular flexibility index (Phi) is 3.13. The van der Waals surface area contributed by atoms with Crippen molar-refractivity contribution in [3.8, 4) is 0 Å². The molecule has 2 atom stereocenters. The van der Waals surface area contributed by atoms with Gasteiger partial charge in [-0.05, 0) is 18.8 Å². The van der Waals surface area contributed by atoms with Gasteiger partial charge in [0.1, 0.15) is 0 Å². The van der Waals surface area contributed by atoms with E-state index in [1.54, 1.807) is 0 Å². The highest BCUT2D eigenvalue weighted by atomic mass is 16.5. The van der Waals surface area contributed by atoms with Gasteiger partial charge in [0.05, 0.1) is 12.7 Å². The Morgan fingerprint density at radius 3 is 2.50 bits per heavy atom. The number of rotatable bonds is 1. The summed E-state index contributed by atoms with van der Waals surface area (Å²) in [5, 5.41) is 3.50. The maximum atomic E-state index is 5.57. The fraction of sp³-hybridized carbons (Fsp3) is 1.00. The van der Waals surface area contributed by atoms with Crippen molar-refractivity contribution in [3.05, 3.63) is 0 Å². The molecule has 0 spiro atoms. The monoisotopic (exact) mass is 171 g/mol. The van der Waals surface area contributed by atoms with Gasteiger partial charge in [0.25, 0.3) is 0 Å². The fourth-order valence-electron chi connectivity index (χ4n) is 1.60. The summed E-state index contributed by atoms with van der Waals surface area (Å²) in [6.07, 6.45) is 1.58. The van der Waals surface area contributed by atoms with Gasteiger partial charge in [-0.25, -0.2) is 0 Å². The Balaban J connectivity index is 2.26. The molecule has 1 aliphatic heterocycles. The zero-order chi connectivity index (χ0) is 9.19. The molecule has 1 fully saturated rings. The Bertz CT molecular complexity index is 131. The van der Waals surface area contributed by atoms with Gasteiger partial charge in [0.2, 0.25) is 0 Å². The van der Waals surface area contributed by atoms with Gasteiger partial charge < -0.3 is 10.1 Å². The molecular weight excluding hydrogens is 150 g/mol. The van der Waals surface area contributed by atoms with Gasteiger partial charge in [-0.15, -0.1) is 0 Å². The van der Waals surface area contributed by atoms with Crippen molar-refractivity contribution >= 4 is 0 Å². The predicted molar refractivity (Wildman–Crippen MR) is 51.3 cm³/mol. The smallest absolute Gasteiger partial charge is 0.0672 e. The second kappa shape index (κ2) is 3.75. The summed E-state index contributed by atoms with van der Waals surface area (Å²) in [5.41, 5.74) is 0.404. The summed E-state index contributed by atoms with van der Waals surface area (Å²) in [5.74, 6) is 0. The Morgan fingerprint density at radius 2 is 2.08 bits per heavy atom. The standard InChI is InChI=1S/C10H21NO/c1-8-6-11-9(7-12-8)5-10(2,3)4/h8-9,11H,5-7H2,1-4H3. The lowest BCUT2D eigenvalue weighted by Crippen LogP contribution is -2.46. The Hall–Kier alpha value is -0.0800. The van der Waals surface area contributed by atoms with Crippen molar-refractivity contribution in [3.63, 3.8) is 0 Å². The summed E-state index contributed by atoms with van der Waals surface area (Å²) < 4.78 is 5.57. The van der Waals surface area contributed by atoms with Crippen LogP contribution in [0.5, 0.6) is 0 Å². The first kappa shape index (κ1) is 10.0. The molecule has 72 valence electrons. The quantitative estimate of drug-likeness (QED) is 0.649. The molecule has 0 amide bonds. The lowest BCUT2D eigenvalue weighted by atomic mass is 9.88. The van der Waals surface area contributed by atoms with E-state index in [9.17, 15) is 0 Å². The highest BCUT2D eigenvalue weighted by Gasteiger charge is 2.22. The summed E-state index contributed by atoms with van der Waals surface area (Å²) in [7, 11) is 0. The first-order chi connectivity index (χ1) is 5.47. The number of hydrogen-bond donors (Lipinski definition) is 1. The molecule has 0 aromatic rings. The molecule has 0 aromatic carbocycles. The second-order valence-electron chi connectivity index (χ2n) is 5.01. The number of nitrogens with one attached hydrogen (secondary N) is 1. The average Bonchev–Trinajstić information content (AvgIpc) is 1.91. The van der Waals surface area contributed by atoms with Crippen LogP contribution in [0.1, 0.15) is 34.1 Å². The van der Waals surface area contributed by atoms with E-state index in [4.69, 9.17) is 4.74 Å². The van der Waals surface area contributed by atoms with Crippen molar-refractivity contribution in [2.75, 3.05) is 13.2 Å². The van der Waals surface area contributed by atoms with Crippen molar-refractivity contribution in [2.24, 2.45) is 5.41 Å². The van der Waals surface area contributed by atoms with Crippen LogP contribution in [0.25, 0.3) is 0 Å². The molecule has 0 saturated carbocycles. The van der Waals surface area contributed by atoms with Crippen molar-refractivity contribution in [2.45, 2.75) is 46.3 Å². The topological polar surface area (TPSA) is 21.3 Å². The van der Waals surface area contributed by atoms with Gasteiger partial charge in [-0.1, -0.05) is 20.8 Å². The molecule has 0 aliphatic carbocycles. The predicted octanol–water partition coefficient (Wildman–Crippen LogP) is 1.80. The van der Waals surface area contributed by atoms with Gasteiger partial charge >= 0.3 is 0 Å². The van der Waals surface area contributed by atoms with Crippen LogP contribution < -0.4 is 5.32 Å². The molecule has 0 aromatic heterocycles. The maximum absolute atomic E-state index is 5.57. The number of ether oxygens (including phenoxy) is 1. The molecule has 1 saturated heterocycles. The number of morpholine rings is 1. The summed E-state index contributed by atoms with van der Waals surface area (Å²) in [6.45, 7) is 10.8. The van der Waals surface area contributed by atoms with E-state index in [-0.39, 0.29) is 0 Å². The molecule has 12 heavy (non-hydrogen) atoms. The van der Waals surface area contributed by atoms with E-state index in [1.807, 2.05) is 0 Å². The third-order valence-electron chi connectivity index (χ3n) is 2.13. The minimum atomic E-state index is 0.390. The van der Waals surface area contributed by atoms with Gasteiger partial charge in [-0.3, -0.25) is 0 Å². The number of hydrogen-bond acceptors (Lipinski definition) is 2. The van der Waals surface area contributed by atoms with Crippen LogP contribution in [-0.2, 0) is 4.74 Å². The summed E-state index contributed by atoms with van der Waals surface area (Å²) in [6, 6.07) is 0.557. The van der Waals surface area contributed by atoms with E-state index in [2.05, 4.69) is 33.0 Å². The molecule has 0 radical (unpaired) electrons. The molecule has 2 nitrogen and oxygen atoms in total. The molecule has 1 N–H and O–H groups in total. The van der Waals surface area contributed by atoms with E-state index in [0.717, 1.165) is 13.2 Å². The third-order valence-corrected chi connectivity index (χ3v) is 2.13. The molecule has 2 heteroatoms. The lowest BCUT2D eigenvalue weighted by molar-refractivity contribution is 0.00626. The third kappa shape index (κ3) is 3.55. The molecule has 0 bridgehead atoms. The normalized spacial score (nSPS) is 32.0. The van der Waals surface area contributed by atoms with E-state index in [0.29, 0.717) is 17.6 Å². The van der Waals surface area contributed by atoms with Gasteiger partial charge in [0, 0.05) is 12.6 Å². The highest BCUT2D eigenvalue weighted by Crippen LogP contribution is 2.22. The zero-order valence-corrected chi connectivity index (χ0v) is 8.68. The van der Waals surface area contributed by atoms with Crippen molar-refractivity contribution in [1.82, 2.24) is 5.32 Å². The van der Waals surface area contributed by atoms with Crippen LogP contribution in [0.15, 0.2) is 0 Å². The fourth-order valence-corrected chi connectivity index (χ4v) is 1.60. The minimum Gasteiger partial charge on any atom is -0.376 e. The Labute approximate surface area is 75.7 Å². The first-order valence-electron chi connectivity index (χ1n) is 4.82. The zero-order valence-electron chi connectivity index (χ0n) is 8.68. The summed E-state index contributed by atoms with van der Waals surface area (Å²) in [4.78, 5) is 0. The molecule has 2 unspecified atom stereocenters. The van der Waals surface area contributed by atoms with E-state index >= 15 is 0 Å². The molecule has 1 rings (SSSR count). The Morgan fingerprint density at radius 1 is 1.42 bits per heavy atom. The average molecular weight is 171 g/mol. The molecular formula is C10H21NO. The summed E-state index contributed by atoms with van der Waals surface area (Å²) >= 11 is 0. The largest absolute Gasteiger partial charge is 0.376 e. The van der Waals surface area contributed by atoms with Crippen molar-refractivity contribution in [1.29, 1.82) is 0 Å². The van der Waals surface area contributed by atoms with Crippen molar-refractivity contribution < 1.29 is 4.74 Å². The van der Waals surface area contributed by atoms with Crippen LogP contribution in [0.4, 0.5) is 0 Å². The first-order valence-corrected chi connectivity index (χ1v) is 4.82. The van der Waals surface area contributed by atoms with Crippen LogP contribution in [0.2, 0.25) is 0 Å². The van der Waals surface area contributed by atoms with Crippen LogP contribution in [-0.4, -0.2) is 25.3 Å². The maximum Gasteiger partial charge on any atom is 0.0672 e. The SMILES string of the molecule is CC1CNC(CC(C)(C)C)CO1. The van der Waals surface area contributed by atoms with Crippen LogP contribution in [0, 0.1) is 5.41 Å².